The van der Waals surface area contributed by atoms with E-state index in [4.69, 9.17) is 35.4 Å². The van der Waals surface area contributed by atoms with Gasteiger partial charge >= 0.3 is 0 Å². The van der Waals surface area contributed by atoms with E-state index in [9.17, 15) is 0 Å². The number of benzene rings is 1. The molecule has 5 nitrogen and oxygen atoms in total. The van der Waals surface area contributed by atoms with E-state index in [1.807, 2.05) is 54.7 Å². The number of aromatic nitrogens is 3. The van der Waals surface area contributed by atoms with Crippen molar-refractivity contribution in [3.8, 4) is 5.69 Å². The second-order valence-electron chi connectivity index (χ2n) is 7.51. The van der Waals surface area contributed by atoms with Crippen LogP contribution in [0.3, 0.4) is 0 Å². The molecular formula is C24H19Cl2N5S. The van der Waals surface area contributed by atoms with Gasteiger partial charge in [0.25, 0.3) is 0 Å². The molecule has 1 aliphatic heterocycles. The maximum Gasteiger partial charge on any atom is 0.170 e. The Morgan fingerprint density at radius 3 is 2.56 bits per heavy atom. The fourth-order valence-corrected chi connectivity index (χ4v) is 4.92. The highest BCUT2D eigenvalue weighted by molar-refractivity contribution is 7.80. The molecule has 1 saturated heterocycles. The number of halogens is 2. The fourth-order valence-electron chi connectivity index (χ4n) is 4.11. The third-order valence-corrected chi connectivity index (χ3v) is 6.44. The maximum atomic E-state index is 6.57. The quantitative estimate of drug-likeness (QED) is 0.369. The Kier molecular flexibility index (Phi) is 5.83. The summed E-state index contributed by atoms with van der Waals surface area (Å²) < 4.78 is 2.09. The molecule has 8 heteroatoms. The summed E-state index contributed by atoms with van der Waals surface area (Å²) in [6.07, 6.45) is 7.40. The summed E-state index contributed by atoms with van der Waals surface area (Å²) in [5.41, 5.74) is 3.95. The number of hydrogen-bond donors (Lipinski definition) is 1. The molecule has 0 aliphatic carbocycles. The maximum absolute atomic E-state index is 6.57. The molecule has 1 aliphatic rings. The van der Waals surface area contributed by atoms with E-state index in [1.165, 1.54) is 0 Å². The molecule has 3 aromatic heterocycles. The largest absolute Gasteiger partial charge is 0.352 e. The standard InChI is InChI=1S/C24H19Cl2N5S/c25-17-6-7-20(18(26)14-17)30-13-3-5-21(30)23-22(19-4-1-2-10-28-19)29-24(32)31(23)15-16-8-11-27-12-9-16/h1-14,22-23H,15H2,(H,29,32)/t22-,23-/m1/s1. The molecule has 4 aromatic rings. The van der Waals surface area contributed by atoms with Crippen molar-refractivity contribution in [2.24, 2.45) is 0 Å². The summed E-state index contributed by atoms with van der Waals surface area (Å²) >= 11 is 18.5. The molecule has 2 atom stereocenters. The smallest absolute Gasteiger partial charge is 0.170 e. The number of hydrogen-bond acceptors (Lipinski definition) is 3. The Morgan fingerprint density at radius 1 is 0.969 bits per heavy atom. The lowest BCUT2D eigenvalue weighted by Gasteiger charge is -2.29. The normalized spacial score (nSPS) is 18.1. The van der Waals surface area contributed by atoms with Crippen LogP contribution in [-0.4, -0.2) is 24.5 Å². The molecule has 160 valence electrons. The van der Waals surface area contributed by atoms with Gasteiger partial charge in [-0.2, -0.15) is 0 Å². The van der Waals surface area contributed by atoms with Gasteiger partial charge in [-0.05, 0) is 72.4 Å². The first-order valence-corrected chi connectivity index (χ1v) is 11.3. The van der Waals surface area contributed by atoms with Crippen molar-refractivity contribution in [1.82, 2.24) is 24.8 Å². The second kappa shape index (κ2) is 8.90. The molecule has 1 N–H and O–H groups in total. The number of pyridine rings is 2. The molecule has 1 fully saturated rings. The molecule has 0 unspecified atom stereocenters. The SMILES string of the molecule is S=C1N[C@H](c2ccccn2)[C@@H](c2cccn2-c2ccc(Cl)cc2Cl)N1Cc1ccncc1. The topological polar surface area (TPSA) is 46.0 Å². The average Bonchev–Trinajstić information content (AvgIpc) is 3.40. The van der Waals surface area contributed by atoms with Crippen LogP contribution in [0.4, 0.5) is 0 Å². The van der Waals surface area contributed by atoms with Gasteiger partial charge in [-0.25, -0.2) is 0 Å². The number of thiocarbonyl (C=S) groups is 1. The van der Waals surface area contributed by atoms with E-state index in [2.05, 4.69) is 30.8 Å². The molecular weight excluding hydrogens is 461 g/mol. The average molecular weight is 480 g/mol. The van der Waals surface area contributed by atoms with Crippen LogP contribution in [-0.2, 0) is 6.54 Å². The Morgan fingerprint density at radius 2 is 1.81 bits per heavy atom. The predicted molar refractivity (Wildman–Crippen MR) is 131 cm³/mol. The van der Waals surface area contributed by atoms with Crippen LogP contribution in [0.5, 0.6) is 0 Å². The highest BCUT2D eigenvalue weighted by Gasteiger charge is 2.41. The van der Waals surface area contributed by atoms with Gasteiger partial charge in [0, 0.05) is 42.0 Å². The van der Waals surface area contributed by atoms with Crippen molar-refractivity contribution in [2.75, 3.05) is 0 Å². The minimum absolute atomic E-state index is 0.104. The van der Waals surface area contributed by atoms with Crippen LogP contribution in [0, 0.1) is 0 Å². The molecule has 0 amide bonds. The lowest BCUT2D eigenvalue weighted by atomic mass is 10.0. The third-order valence-electron chi connectivity index (χ3n) is 5.55. The van der Waals surface area contributed by atoms with Gasteiger partial charge in [0.05, 0.1) is 28.5 Å². The van der Waals surface area contributed by atoms with E-state index in [0.717, 1.165) is 22.6 Å². The first kappa shape index (κ1) is 20.9. The zero-order valence-electron chi connectivity index (χ0n) is 16.9. The summed E-state index contributed by atoms with van der Waals surface area (Å²) in [5.74, 6) is 0. The minimum atomic E-state index is -0.120. The monoisotopic (exact) mass is 479 g/mol. The first-order valence-electron chi connectivity index (χ1n) is 10.1. The van der Waals surface area contributed by atoms with Crippen molar-refractivity contribution in [2.45, 2.75) is 18.6 Å². The molecule has 5 rings (SSSR count). The van der Waals surface area contributed by atoms with Gasteiger partial charge in [-0.1, -0.05) is 29.3 Å². The number of rotatable bonds is 5. The van der Waals surface area contributed by atoms with Crippen LogP contribution >= 0.6 is 35.4 Å². The van der Waals surface area contributed by atoms with E-state index in [-0.39, 0.29) is 12.1 Å². The van der Waals surface area contributed by atoms with Crippen molar-refractivity contribution < 1.29 is 0 Å². The van der Waals surface area contributed by atoms with Crippen LogP contribution in [0.15, 0.2) is 85.5 Å². The number of nitrogens with zero attached hydrogens (tertiary/aromatic N) is 4. The van der Waals surface area contributed by atoms with E-state index < -0.39 is 0 Å². The summed E-state index contributed by atoms with van der Waals surface area (Å²) in [7, 11) is 0. The summed E-state index contributed by atoms with van der Waals surface area (Å²) in [4.78, 5) is 10.9. The first-order chi connectivity index (χ1) is 15.6. The highest BCUT2D eigenvalue weighted by atomic mass is 35.5. The van der Waals surface area contributed by atoms with Gasteiger partial charge < -0.3 is 14.8 Å². The summed E-state index contributed by atoms with van der Waals surface area (Å²) in [6, 6.07) is 19.3. The Bertz CT molecular complexity index is 1250. The van der Waals surface area contributed by atoms with E-state index in [1.54, 1.807) is 24.7 Å². The fraction of sp³-hybridized carbons (Fsp3) is 0.125. The minimum Gasteiger partial charge on any atom is -0.352 e. The highest BCUT2D eigenvalue weighted by Crippen LogP contribution is 2.41. The lowest BCUT2D eigenvalue weighted by Crippen LogP contribution is -2.30. The van der Waals surface area contributed by atoms with Crippen molar-refractivity contribution in [3.63, 3.8) is 0 Å². The molecule has 4 heterocycles. The zero-order valence-corrected chi connectivity index (χ0v) is 19.2. The lowest BCUT2D eigenvalue weighted by molar-refractivity contribution is 0.302. The Balaban J connectivity index is 1.62. The van der Waals surface area contributed by atoms with Gasteiger partial charge in [0.2, 0.25) is 0 Å². The van der Waals surface area contributed by atoms with Crippen molar-refractivity contribution in [1.29, 1.82) is 0 Å². The van der Waals surface area contributed by atoms with Gasteiger partial charge in [-0.15, -0.1) is 0 Å². The Hall–Kier alpha value is -2.93. The number of nitrogens with one attached hydrogen (secondary N) is 1. The second-order valence-corrected chi connectivity index (χ2v) is 8.74. The van der Waals surface area contributed by atoms with Gasteiger partial charge in [-0.3, -0.25) is 9.97 Å². The van der Waals surface area contributed by atoms with Crippen LogP contribution in [0.1, 0.15) is 29.0 Å². The zero-order chi connectivity index (χ0) is 22.1. The summed E-state index contributed by atoms with van der Waals surface area (Å²) in [6.45, 7) is 0.641. The molecule has 0 radical (unpaired) electrons. The van der Waals surface area contributed by atoms with Crippen LogP contribution in [0.2, 0.25) is 10.0 Å². The van der Waals surface area contributed by atoms with Crippen molar-refractivity contribution >= 4 is 40.5 Å². The van der Waals surface area contributed by atoms with E-state index >= 15 is 0 Å². The molecule has 0 bridgehead atoms. The third kappa shape index (κ3) is 3.97. The van der Waals surface area contributed by atoms with Crippen LogP contribution in [0.25, 0.3) is 5.69 Å². The van der Waals surface area contributed by atoms with Gasteiger partial charge in [0.1, 0.15) is 0 Å². The predicted octanol–water partition coefficient (Wildman–Crippen LogP) is 5.75. The molecule has 0 saturated carbocycles. The molecule has 32 heavy (non-hydrogen) atoms. The van der Waals surface area contributed by atoms with E-state index in [0.29, 0.717) is 21.7 Å². The van der Waals surface area contributed by atoms with Crippen LogP contribution < -0.4 is 5.32 Å². The molecule has 0 spiro atoms. The van der Waals surface area contributed by atoms with Crippen molar-refractivity contribution in [3.05, 3.63) is 112 Å². The Labute approximate surface area is 201 Å². The summed E-state index contributed by atoms with van der Waals surface area (Å²) in [5, 5.41) is 5.35. The molecule has 1 aromatic carbocycles. The van der Waals surface area contributed by atoms with Gasteiger partial charge in [0.15, 0.2) is 5.11 Å².